The third kappa shape index (κ3) is 2.27. The molecular formula is C13H20N4O. The van der Waals surface area contributed by atoms with Gasteiger partial charge in [-0.25, -0.2) is 9.97 Å². The molecule has 2 fully saturated rings. The van der Waals surface area contributed by atoms with E-state index >= 15 is 0 Å². The second-order valence-corrected chi connectivity index (χ2v) is 5.66. The summed E-state index contributed by atoms with van der Waals surface area (Å²) in [5.74, 6) is 3.30. The first-order chi connectivity index (χ1) is 8.57. The topological polar surface area (TPSA) is 61.3 Å². The van der Waals surface area contributed by atoms with E-state index in [2.05, 4.69) is 20.2 Å². The minimum Gasteiger partial charge on any atom is -0.388 e. The fraction of sp³-hybridized carbons (Fsp3) is 0.692. The van der Waals surface area contributed by atoms with Crippen molar-refractivity contribution in [1.29, 1.82) is 0 Å². The van der Waals surface area contributed by atoms with Gasteiger partial charge in [0.25, 0.3) is 0 Å². The Morgan fingerprint density at radius 1 is 1.44 bits per heavy atom. The van der Waals surface area contributed by atoms with Gasteiger partial charge in [0.1, 0.15) is 17.5 Å². The van der Waals surface area contributed by atoms with Crippen LogP contribution in [0.15, 0.2) is 6.07 Å². The van der Waals surface area contributed by atoms with E-state index in [1.165, 1.54) is 12.8 Å². The van der Waals surface area contributed by atoms with E-state index in [9.17, 15) is 5.11 Å². The van der Waals surface area contributed by atoms with Gasteiger partial charge in [0, 0.05) is 32.1 Å². The second kappa shape index (κ2) is 4.09. The van der Waals surface area contributed by atoms with Crippen molar-refractivity contribution in [3.05, 3.63) is 11.9 Å². The van der Waals surface area contributed by atoms with Crippen molar-refractivity contribution >= 4 is 11.6 Å². The highest BCUT2D eigenvalue weighted by atomic mass is 16.3. The predicted octanol–water partition coefficient (Wildman–Crippen LogP) is 1.36. The van der Waals surface area contributed by atoms with Crippen LogP contribution in [0.4, 0.5) is 11.6 Å². The van der Waals surface area contributed by atoms with Crippen LogP contribution in [0.25, 0.3) is 0 Å². The number of hydrogen-bond acceptors (Lipinski definition) is 5. The molecule has 0 bridgehead atoms. The van der Waals surface area contributed by atoms with Crippen molar-refractivity contribution in [2.75, 3.05) is 30.4 Å². The van der Waals surface area contributed by atoms with Crippen LogP contribution < -0.4 is 10.2 Å². The van der Waals surface area contributed by atoms with Gasteiger partial charge >= 0.3 is 0 Å². The fourth-order valence-electron chi connectivity index (χ4n) is 2.41. The Morgan fingerprint density at radius 3 is 2.78 bits per heavy atom. The predicted molar refractivity (Wildman–Crippen MR) is 71.0 cm³/mol. The minimum atomic E-state index is -0.593. The minimum absolute atomic E-state index is 0.542. The Kier molecular flexibility index (Phi) is 2.66. The molecule has 1 aromatic heterocycles. The largest absolute Gasteiger partial charge is 0.388 e. The number of β-amino-alcohol motifs (C(OH)–C–C–N with tert-alkyl or cyclic N) is 1. The zero-order valence-electron chi connectivity index (χ0n) is 11.0. The molecule has 3 rings (SSSR count). The summed E-state index contributed by atoms with van der Waals surface area (Å²) in [4.78, 5) is 11.3. The Hall–Kier alpha value is -1.36. The lowest BCUT2D eigenvalue weighted by Crippen LogP contribution is -2.30. The maximum absolute atomic E-state index is 10.0. The lowest BCUT2D eigenvalue weighted by molar-refractivity contribution is 0.0839. The third-order valence-corrected chi connectivity index (χ3v) is 3.70. The van der Waals surface area contributed by atoms with Gasteiger partial charge in [0.2, 0.25) is 0 Å². The van der Waals surface area contributed by atoms with Gasteiger partial charge in [-0.1, -0.05) is 0 Å². The van der Waals surface area contributed by atoms with Crippen molar-refractivity contribution in [3.63, 3.8) is 0 Å². The van der Waals surface area contributed by atoms with Crippen molar-refractivity contribution in [3.8, 4) is 0 Å². The van der Waals surface area contributed by atoms with E-state index in [1.54, 1.807) is 0 Å². The van der Waals surface area contributed by atoms with E-state index < -0.39 is 5.60 Å². The van der Waals surface area contributed by atoms with Crippen LogP contribution in [0.2, 0.25) is 0 Å². The quantitative estimate of drug-likeness (QED) is 0.845. The molecule has 0 radical (unpaired) electrons. The van der Waals surface area contributed by atoms with Crippen molar-refractivity contribution in [2.45, 2.75) is 37.7 Å². The van der Waals surface area contributed by atoms with Crippen molar-refractivity contribution < 1.29 is 5.11 Å². The summed E-state index contributed by atoms with van der Waals surface area (Å²) in [5, 5.41) is 13.1. The number of anilines is 2. The Morgan fingerprint density at radius 2 is 2.22 bits per heavy atom. The number of aliphatic hydroxyl groups is 1. The third-order valence-electron chi connectivity index (χ3n) is 3.70. The van der Waals surface area contributed by atoms with E-state index in [4.69, 9.17) is 0 Å². The first kappa shape index (κ1) is 11.7. The zero-order chi connectivity index (χ0) is 12.8. The molecule has 0 spiro atoms. The van der Waals surface area contributed by atoms with Crippen LogP contribution in [-0.4, -0.2) is 40.8 Å². The van der Waals surface area contributed by atoms with E-state index in [1.807, 2.05) is 20.0 Å². The van der Waals surface area contributed by atoms with Gasteiger partial charge in [-0.05, 0) is 26.2 Å². The molecule has 1 atom stereocenters. The standard InChI is InChI=1S/C13H20N4O/c1-13(18)5-6-17(8-13)11-7-10(14-2)15-12(16-11)9-3-4-9/h7,9,18H,3-6,8H2,1-2H3,(H,14,15,16). The average Bonchev–Trinajstić information content (AvgIpc) is 3.13. The number of hydrogen-bond donors (Lipinski definition) is 2. The number of nitrogens with one attached hydrogen (secondary N) is 1. The zero-order valence-corrected chi connectivity index (χ0v) is 11.0. The maximum Gasteiger partial charge on any atom is 0.136 e. The first-order valence-corrected chi connectivity index (χ1v) is 6.61. The van der Waals surface area contributed by atoms with Gasteiger partial charge in [-0.2, -0.15) is 0 Å². The lowest BCUT2D eigenvalue weighted by Gasteiger charge is -2.20. The highest BCUT2D eigenvalue weighted by Crippen LogP contribution is 2.39. The SMILES string of the molecule is CNc1cc(N2CCC(C)(O)C2)nc(C2CC2)n1. The molecule has 1 aliphatic carbocycles. The van der Waals surface area contributed by atoms with Crippen molar-refractivity contribution in [2.24, 2.45) is 0 Å². The molecule has 5 heteroatoms. The molecule has 2 N–H and O–H groups in total. The van der Waals surface area contributed by atoms with Gasteiger partial charge in [-0.3, -0.25) is 0 Å². The van der Waals surface area contributed by atoms with Gasteiger partial charge in [-0.15, -0.1) is 0 Å². The Balaban J connectivity index is 1.89. The van der Waals surface area contributed by atoms with Crippen LogP contribution in [-0.2, 0) is 0 Å². The summed E-state index contributed by atoms with van der Waals surface area (Å²) in [6, 6.07) is 1.97. The summed E-state index contributed by atoms with van der Waals surface area (Å²) in [6.07, 6.45) is 3.19. The van der Waals surface area contributed by atoms with E-state index in [0.29, 0.717) is 12.5 Å². The molecule has 1 saturated carbocycles. The van der Waals surface area contributed by atoms with Crippen molar-refractivity contribution in [1.82, 2.24) is 9.97 Å². The molecule has 1 unspecified atom stereocenters. The monoisotopic (exact) mass is 248 g/mol. The molecule has 98 valence electrons. The van der Waals surface area contributed by atoms with Crippen LogP contribution in [0.3, 0.4) is 0 Å². The summed E-state index contributed by atoms with van der Waals surface area (Å²) < 4.78 is 0. The van der Waals surface area contributed by atoms with Gasteiger partial charge in [0.05, 0.1) is 5.60 Å². The molecule has 1 aliphatic heterocycles. The molecule has 2 aliphatic rings. The van der Waals surface area contributed by atoms with Gasteiger partial charge in [0.15, 0.2) is 0 Å². The molecule has 0 aromatic carbocycles. The second-order valence-electron chi connectivity index (χ2n) is 5.66. The smallest absolute Gasteiger partial charge is 0.136 e. The Bertz CT molecular complexity index is 456. The van der Waals surface area contributed by atoms with Crippen LogP contribution in [0, 0.1) is 0 Å². The maximum atomic E-state index is 10.0. The normalized spacial score (nSPS) is 27.6. The number of aromatic nitrogens is 2. The summed E-state index contributed by atoms with van der Waals surface area (Å²) >= 11 is 0. The molecule has 0 amide bonds. The molecular weight excluding hydrogens is 228 g/mol. The highest BCUT2D eigenvalue weighted by Gasteiger charge is 2.33. The van der Waals surface area contributed by atoms with Crippen LogP contribution >= 0.6 is 0 Å². The lowest BCUT2D eigenvalue weighted by atomic mass is 10.1. The molecule has 1 aromatic rings. The summed E-state index contributed by atoms with van der Waals surface area (Å²) in [7, 11) is 1.88. The number of rotatable bonds is 3. The molecule has 2 heterocycles. The van der Waals surface area contributed by atoms with Crippen LogP contribution in [0.1, 0.15) is 37.9 Å². The average molecular weight is 248 g/mol. The Labute approximate surface area is 107 Å². The molecule has 5 nitrogen and oxygen atoms in total. The molecule has 1 saturated heterocycles. The highest BCUT2D eigenvalue weighted by molar-refractivity contribution is 5.50. The van der Waals surface area contributed by atoms with Gasteiger partial charge < -0.3 is 15.3 Å². The van der Waals surface area contributed by atoms with E-state index in [0.717, 1.165) is 30.4 Å². The van der Waals surface area contributed by atoms with Crippen LogP contribution in [0.5, 0.6) is 0 Å². The number of nitrogens with zero attached hydrogens (tertiary/aromatic N) is 3. The van der Waals surface area contributed by atoms with E-state index in [-0.39, 0.29) is 0 Å². The summed E-state index contributed by atoms with van der Waals surface area (Å²) in [6.45, 7) is 3.39. The fourth-order valence-corrected chi connectivity index (χ4v) is 2.41. The first-order valence-electron chi connectivity index (χ1n) is 6.61. The summed E-state index contributed by atoms with van der Waals surface area (Å²) in [5.41, 5.74) is -0.593. The molecule has 18 heavy (non-hydrogen) atoms.